The maximum Gasteiger partial charge on any atom is 0.226 e. The molecule has 1 atom stereocenters. The fourth-order valence-electron chi connectivity index (χ4n) is 3.62. The maximum absolute atomic E-state index is 5.93. The van der Waals surface area contributed by atoms with Crippen LogP contribution >= 0.6 is 0 Å². The maximum atomic E-state index is 5.93. The lowest BCUT2D eigenvalue weighted by molar-refractivity contribution is 0.0124. The van der Waals surface area contributed by atoms with Gasteiger partial charge in [-0.2, -0.15) is 0 Å². The minimum atomic E-state index is 0.105. The van der Waals surface area contributed by atoms with E-state index in [2.05, 4.69) is 25.5 Å². The lowest BCUT2D eigenvalue weighted by Gasteiger charge is -2.33. The third-order valence-corrected chi connectivity index (χ3v) is 5.27. The Labute approximate surface area is 182 Å². The second-order valence-electron chi connectivity index (χ2n) is 7.43. The van der Waals surface area contributed by atoms with E-state index in [1.54, 1.807) is 13.3 Å². The van der Waals surface area contributed by atoms with Crippen molar-refractivity contribution in [2.45, 2.75) is 19.5 Å². The molecular weight excluding hydrogens is 394 g/mol. The highest BCUT2D eigenvalue weighted by atomic mass is 16.5. The number of benzene rings is 1. The van der Waals surface area contributed by atoms with Gasteiger partial charge in [0.2, 0.25) is 5.89 Å². The first-order valence-corrected chi connectivity index (χ1v) is 10.6. The van der Waals surface area contributed by atoms with Crippen LogP contribution in [0, 0.1) is 6.92 Å². The number of hydrogen-bond donors (Lipinski definition) is 2. The summed E-state index contributed by atoms with van der Waals surface area (Å²) in [5, 5.41) is 6.73. The van der Waals surface area contributed by atoms with Gasteiger partial charge >= 0.3 is 0 Å². The minimum absolute atomic E-state index is 0.105. The van der Waals surface area contributed by atoms with Gasteiger partial charge in [-0.15, -0.1) is 0 Å². The lowest BCUT2D eigenvalue weighted by atomic mass is 10.1. The number of hydrogen-bond acceptors (Lipinski definition) is 6. The Morgan fingerprint density at radius 3 is 2.65 bits per heavy atom. The summed E-state index contributed by atoms with van der Waals surface area (Å²) in [6, 6.07) is 14.0. The fraction of sp³-hybridized carbons (Fsp3) is 0.391. The second kappa shape index (κ2) is 10.3. The number of furan rings is 1. The van der Waals surface area contributed by atoms with Crippen LogP contribution in [0.25, 0.3) is 11.5 Å². The zero-order chi connectivity index (χ0) is 21.5. The van der Waals surface area contributed by atoms with Crippen LogP contribution in [0.3, 0.4) is 0 Å². The molecule has 2 N–H and O–H groups in total. The van der Waals surface area contributed by atoms with Gasteiger partial charge < -0.3 is 24.2 Å². The van der Waals surface area contributed by atoms with E-state index in [1.165, 1.54) is 0 Å². The first kappa shape index (κ1) is 21.1. The molecule has 164 valence electrons. The molecule has 1 aliphatic rings. The van der Waals surface area contributed by atoms with Crippen LogP contribution in [0.5, 0.6) is 0 Å². The van der Waals surface area contributed by atoms with Crippen LogP contribution < -0.4 is 10.6 Å². The van der Waals surface area contributed by atoms with Crippen molar-refractivity contribution >= 4 is 5.96 Å². The molecule has 1 saturated heterocycles. The standard InChI is InChI=1S/C23H29N5O3/c1-17-8-9-21(31-17)20(28-10-12-29-13-11-28)15-26-23(24-2)25-14-19-16-30-22(27-19)18-6-4-3-5-7-18/h3-9,16,20H,10-15H2,1-2H3,(H2,24,25,26). The number of ether oxygens (including phenoxy) is 1. The molecule has 2 aromatic heterocycles. The van der Waals surface area contributed by atoms with E-state index in [-0.39, 0.29) is 6.04 Å². The number of aliphatic imine (C=N–C) groups is 1. The van der Waals surface area contributed by atoms with Crippen molar-refractivity contribution in [3.05, 3.63) is 65.9 Å². The van der Waals surface area contributed by atoms with Gasteiger partial charge in [0.05, 0.1) is 31.5 Å². The molecule has 0 spiro atoms. The summed E-state index contributed by atoms with van der Waals surface area (Å²) in [4.78, 5) is 11.3. The molecule has 8 heteroatoms. The van der Waals surface area contributed by atoms with Crippen molar-refractivity contribution in [2.75, 3.05) is 39.9 Å². The molecule has 3 aromatic rings. The third kappa shape index (κ3) is 5.53. The van der Waals surface area contributed by atoms with E-state index >= 15 is 0 Å². The molecule has 4 rings (SSSR count). The summed E-state index contributed by atoms with van der Waals surface area (Å²) in [7, 11) is 1.76. The van der Waals surface area contributed by atoms with Gasteiger partial charge in [-0.25, -0.2) is 4.98 Å². The van der Waals surface area contributed by atoms with Crippen molar-refractivity contribution in [3.8, 4) is 11.5 Å². The fourth-order valence-corrected chi connectivity index (χ4v) is 3.62. The van der Waals surface area contributed by atoms with Crippen LogP contribution in [-0.4, -0.2) is 55.7 Å². The SMILES string of the molecule is CN=C(NCc1coc(-c2ccccc2)n1)NCC(c1ccc(C)o1)N1CCOCC1. The van der Waals surface area contributed by atoms with Gasteiger partial charge in [0.15, 0.2) is 5.96 Å². The summed E-state index contributed by atoms with van der Waals surface area (Å²) in [6.07, 6.45) is 1.67. The van der Waals surface area contributed by atoms with Gasteiger partial charge in [-0.3, -0.25) is 9.89 Å². The summed E-state index contributed by atoms with van der Waals surface area (Å²) < 4.78 is 17.1. The molecule has 0 bridgehead atoms. The Kier molecular flexibility index (Phi) is 7.01. The second-order valence-corrected chi connectivity index (χ2v) is 7.43. The number of morpholine rings is 1. The van der Waals surface area contributed by atoms with Gasteiger partial charge in [-0.1, -0.05) is 18.2 Å². The van der Waals surface area contributed by atoms with E-state index in [4.69, 9.17) is 13.6 Å². The predicted molar refractivity (Wildman–Crippen MR) is 119 cm³/mol. The van der Waals surface area contributed by atoms with Gasteiger partial charge in [-0.05, 0) is 31.2 Å². The first-order chi connectivity index (χ1) is 15.2. The van der Waals surface area contributed by atoms with E-state index in [1.807, 2.05) is 49.4 Å². The summed E-state index contributed by atoms with van der Waals surface area (Å²) in [6.45, 7) is 6.37. The number of rotatable bonds is 7. The average molecular weight is 424 g/mol. The minimum Gasteiger partial charge on any atom is -0.465 e. The van der Waals surface area contributed by atoms with Crippen molar-refractivity contribution in [3.63, 3.8) is 0 Å². The molecule has 0 radical (unpaired) electrons. The summed E-state index contributed by atoms with van der Waals surface area (Å²) in [5.74, 6) is 3.18. The quantitative estimate of drug-likeness (QED) is 0.446. The third-order valence-electron chi connectivity index (χ3n) is 5.27. The highest BCUT2D eigenvalue weighted by molar-refractivity contribution is 5.79. The molecule has 31 heavy (non-hydrogen) atoms. The largest absolute Gasteiger partial charge is 0.465 e. The van der Waals surface area contributed by atoms with Crippen molar-refractivity contribution in [1.82, 2.24) is 20.5 Å². The smallest absolute Gasteiger partial charge is 0.226 e. The summed E-state index contributed by atoms with van der Waals surface area (Å²) >= 11 is 0. The van der Waals surface area contributed by atoms with E-state index in [9.17, 15) is 0 Å². The van der Waals surface area contributed by atoms with Crippen molar-refractivity contribution < 1.29 is 13.6 Å². The number of nitrogens with zero attached hydrogens (tertiary/aromatic N) is 3. The summed E-state index contributed by atoms with van der Waals surface area (Å²) in [5.41, 5.74) is 1.77. The number of aromatic nitrogens is 1. The molecule has 1 fully saturated rings. The van der Waals surface area contributed by atoms with Gasteiger partial charge in [0.25, 0.3) is 0 Å². The zero-order valence-corrected chi connectivity index (χ0v) is 18.0. The van der Waals surface area contributed by atoms with E-state index < -0.39 is 0 Å². The monoisotopic (exact) mass is 423 g/mol. The van der Waals surface area contributed by atoms with E-state index in [0.717, 1.165) is 49.1 Å². The predicted octanol–water partition coefficient (Wildman–Crippen LogP) is 2.98. The van der Waals surface area contributed by atoms with Gasteiger partial charge in [0.1, 0.15) is 17.8 Å². The molecular formula is C23H29N5O3. The number of nitrogens with one attached hydrogen (secondary N) is 2. The molecule has 8 nitrogen and oxygen atoms in total. The molecule has 0 saturated carbocycles. The highest BCUT2D eigenvalue weighted by Gasteiger charge is 2.25. The lowest BCUT2D eigenvalue weighted by Crippen LogP contribution is -2.46. The molecule has 3 heterocycles. The normalized spacial score (nSPS) is 16.3. The number of aryl methyl sites for hydroxylation is 1. The van der Waals surface area contributed by atoms with E-state index in [0.29, 0.717) is 24.9 Å². The van der Waals surface area contributed by atoms with Crippen LogP contribution in [-0.2, 0) is 11.3 Å². The Morgan fingerprint density at radius 1 is 1.13 bits per heavy atom. The van der Waals surface area contributed by atoms with Crippen LogP contribution in [0.15, 0.2) is 62.6 Å². The Balaban J connectivity index is 1.35. The molecule has 1 aliphatic heterocycles. The Hall–Kier alpha value is -3.10. The highest BCUT2D eigenvalue weighted by Crippen LogP contribution is 2.23. The molecule has 0 amide bonds. The van der Waals surface area contributed by atoms with Crippen LogP contribution in [0.2, 0.25) is 0 Å². The van der Waals surface area contributed by atoms with Crippen LogP contribution in [0.1, 0.15) is 23.3 Å². The molecule has 0 aliphatic carbocycles. The Bertz CT molecular complexity index is 976. The number of guanidine groups is 1. The number of oxazole rings is 1. The average Bonchev–Trinajstić information content (AvgIpc) is 3.47. The molecule has 1 aromatic carbocycles. The van der Waals surface area contributed by atoms with Crippen LogP contribution in [0.4, 0.5) is 0 Å². The van der Waals surface area contributed by atoms with Crippen molar-refractivity contribution in [1.29, 1.82) is 0 Å². The molecule has 1 unspecified atom stereocenters. The van der Waals surface area contributed by atoms with Gasteiger partial charge in [0, 0.05) is 32.2 Å². The zero-order valence-electron chi connectivity index (χ0n) is 18.0. The topological polar surface area (TPSA) is 88.1 Å². The van der Waals surface area contributed by atoms with Crippen molar-refractivity contribution in [2.24, 2.45) is 4.99 Å². The first-order valence-electron chi connectivity index (χ1n) is 10.6. The Morgan fingerprint density at radius 2 is 1.94 bits per heavy atom.